The molecule has 132 valence electrons. The van der Waals surface area contributed by atoms with Crippen LogP contribution in [0.2, 0.25) is 0 Å². The van der Waals surface area contributed by atoms with E-state index in [1.807, 2.05) is 4.90 Å². The highest BCUT2D eigenvalue weighted by molar-refractivity contribution is 5.81. The first-order valence-electron chi connectivity index (χ1n) is 9.07. The Morgan fingerprint density at radius 3 is 2.74 bits per heavy atom. The van der Waals surface area contributed by atoms with Gasteiger partial charge in [-0.25, -0.2) is 0 Å². The lowest BCUT2D eigenvalue weighted by Gasteiger charge is -2.26. The number of amides is 1. The number of guanidine groups is 1. The molecular formula is C17H32N4O2. The standard InChI is InChI=1S/C17H32N4O2/c1-3-18-17(19-10-12-23-2)20-15-9-11-21(13-15)16(22)14-7-5-4-6-8-14/h14-15H,3-13H2,1-2H3,(H2,18,19,20). The number of nitrogens with zero attached hydrogens (tertiary/aromatic N) is 2. The largest absolute Gasteiger partial charge is 0.383 e. The predicted molar refractivity (Wildman–Crippen MR) is 92.6 cm³/mol. The molecule has 1 atom stereocenters. The summed E-state index contributed by atoms with van der Waals surface area (Å²) >= 11 is 0. The first-order valence-corrected chi connectivity index (χ1v) is 9.07. The zero-order chi connectivity index (χ0) is 16.5. The molecular weight excluding hydrogens is 292 g/mol. The predicted octanol–water partition coefficient (Wildman–Crippen LogP) is 1.37. The minimum Gasteiger partial charge on any atom is -0.383 e. The zero-order valence-corrected chi connectivity index (χ0v) is 14.6. The van der Waals surface area contributed by atoms with E-state index in [0.717, 1.165) is 44.9 Å². The van der Waals surface area contributed by atoms with Gasteiger partial charge in [-0.1, -0.05) is 19.3 Å². The molecule has 1 unspecified atom stereocenters. The summed E-state index contributed by atoms with van der Waals surface area (Å²) in [5.41, 5.74) is 0. The molecule has 1 heterocycles. The van der Waals surface area contributed by atoms with Gasteiger partial charge >= 0.3 is 0 Å². The van der Waals surface area contributed by atoms with E-state index in [1.54, 1.807) is 7.11 Å². The van der Waals surface area contributed by atoms with Crippen LogP contribution in [0.5, 0.6) is 0 Å². The third kappa shape index (κ3) is 5.68. The summed E-state index contributed by atoms with van der Waals surface area (Å²) in [7, 11) is 1.68. The smallest absolute Gasteiger partial charge is 0.225 e. The lowest BCUT2D eigenvalue weighted by atomic mass is 9.88. The number of rotatable bonds is 6. The lowest BCUT2D eigenvalue weighted by molar-refractivity contribution is -0.135. The van der Waals surface area contributed by atoms with E-state index in [-0.39, 0.29) is 5.92 Å². The highest BCUT2D eigenvalue weighted by Crippen LogP contribution is 2.26. The van der Waals surface area contributed by atoms with Gasteiger partial charge in [0.25, 0.3) is 0 Å². The van der Waals surface area contributed by atoms with Crippen LogP contribution >= 0.6 is 0 Å². The van der Waals surface area contributed by atoms with Gasteiger partial charge in [-0.3, -0.25) is 9.79 Å². The van der Waals surface area contributed by atoms with Crippen molar-refractivity contribution in [2.45, 2.75) is 51.5 Å². The fourth-order valence-corrected chi connectivity index (χ4v) is 3.45. The summed E-state index contributed by atoms with van der Waals surface area (Å²) in [5, 5.41) is 6.71. The van der Waals surface area contributed by atoms with Gasteiger partial charge in [0.1, 0.15) is 0 Å². The third-order valence-corrected chi connectivity index (χ3v) is 4.70. The molecule has 2 aliphatic rings. The van der Waals surface area contributed by atoms with Crippen molar-refractivity contribution in [3.8, 4) is 0 Å². The summed E-state index contributed by atoms with van der Waals surface area (Å²) in [6.07, 6.45) is 6.86. The van der Waals surface area contributed by atoms with Crippen LogP contribution in [0.4, 0.5) is 0 Å². The maximum Gasteiger partial charge on any atom is 0.225 e. The fourth-order valence-electron chi connectivity index (χ4n) is 3.45. The van der Waals surface area contributed by atoms with Crippen LogP contribution in [0.15, 0.2) is 4.99 Å². The third-order valence-electron chi connectivity index (χ3n) is 4.70. The molecule has 1 amide bonds. The number of ether oxygens (including phenoxy) is 1. The van der Waals surface area contributed by atoms with E-state index in [9.17, 15) is 4.79 Å². The van der Waals surface area contributed by atoms with E-state index in [4.69, 9.17) is 4.74 Å². The summed E-state index contributed by atoms with van der Waals surface area (Å²) < 4.78 is 5.04. The molecule has 0 radical (unpaired) electrons. The van der Waals surface area contributed by atoms with Crippen LogP contribution in [-0.4, -0.2) is 62.7 Å². The van der Waals surface area contributed by atoms with Gasteiger partial charge in [0.15, 0.2) is 5.96 Å². The monoisotopic (exact) mass is 324 g/mol. The van der Waals surface area contributed by atoms with E-state index in [2.05, 4.69) is 22.5 Å². The van der Waals surface area contributed by atoms with Crippen molar-refractivity contribution in [3.63, 3.8) is 0 Å². The number of carbonyl (C=O) groups is 1. The van der Waals surface area contributed by atoms with Crippen LogP contribution in [-0.2, 0) is 9.53 Å². The Kier molecular flexibility index (Phi) is 7.65. The Hall–Kier alpha value is -1.30. The zero-order valence-electron chi connectivity index (χ0n) is 14.6. The molecule has 6 nitrogen and oxygen atoms in total. The van der Waals surface area contributed by atoms with Crippen LogP contribution in [0, 0.1) is 5.92 Å². The Balaban J connectivity index is 1.80. The molecule has 1 aliphatic heterocycles. The Morgan fingerprint density at radius 2 is 2.04 bits per heavy atom. The highest BCUT2D eigenvalue weighted by Gasteiger charge is 2.31. The van der Waals surface area contributed by atoms with Gasteiger partial charge in [-0.05, 0) is 26.2 Å². The van der Waals surface area contributed by atoms with Crippen molar-refractivity contribution in [1.82, 2.24) is 15.5 Å². The van der Waals surface area contributed by atoms with Gasteiger partial charge in [0.05, 0.1) is 13.2 Å². The van der Waals surface area contributed by atoms with Crippen LogP contribution in [0.25, 0.3) is 0 Å². The second-order valence-corrected chi connectivity index (χ2v) is 6.50. The quantitative estimate of drug-likeness (QED) is 0.440. The van der Waals surface area contributed by atoms with E-state index >= 15 is 0 Å². The Labute approximate surface area is 140 Å². The molecule has 2 fully saturated rings. The van der Waals surface area contributed by atoms with Gasteiger partial charge in [-0.15, -0.1) is 0 Å². The van der Waals surface area contributed by atoms with E-state index in [0.29, 0.717) is 25.1 Å². The van der Waals surface area contributed by atoms with Gasteiger partial charge in [0.2, 0.25) is 5.91 Å². The van der Waals surface area contributed by atoms with E-state index < -0.39 is 0 Å². The average Bonchev–Trinajstić information content (AvgIpc) is 3.04. The normalized spacial score (nSPS) is 23.1. The van der Waals surface area contributed by atoms with Crippen LogP contribution in [0.3, 0.4) is 0 Å². The Bertz CT molecular complexity index is 394. The van der Waals surface area contributed by atoms with Gasteiger partial charge < -0.3 is 20.3 Å². The molecule has 6 heteroatoms. The molecule has 2 N–H and O–H groups in total. The molecule has 1 aliphatic carbocycles. The average molecular weight is 324 g/mol. The summed E-state index contributed by atoms with van der Waals surface area (Å²) in [6.45, 7) is 5.81. The number of hydrogen-bond acceptors (Lipinski definition) is 3. The molecule has 0 aromatic heterocycles. The van der Waals surface area contributed by atoms with Gasteiger partial charge in [-0.2, -0.15) is 0 Å². The topological polar surface area (TPSA) is 66.0 Å². The second-order valence-electron chi connectivity index (χ2n) is 6.50. The minimum absolute atomic E-state index is 0.270. The molecule has 23 heavy (non-hydrogen) atoms. The first-order chi connectivity index (χ1) is 11.2. The highest BCUT2D eigenvalue weighted by atomic mass is 16.5. The molecule has 0 bridgehead atoms. The number of likely N-dealkylation sites (tertiary alicyclic amines) is 1. The minimum atomic E-state index is 0.270. The van der Waals surface area contributed by atoms with Crippen molar-refractivity contribution in [2.24, 2.45) is 10.9 Å². The molecule has 2 rings (SSSR count). The number of hydrogen-bond donors (Lipinski definition) is 2. The van der Waals surface area contributed by atoms with Gasteiger partial charge in [0, 0.05) is 38.7 Å². The maximum absolute atomic E-state index is 12.6. The Morgan fingerprint density at radius 1 is 1.26 bits per heavy atom. The van der Waals surface area contributed by atoms with Crippen molar-refractivity contribution < 1.29 is 9.53 Å². The fraction of sp³-hybridized carbons (Fsp3) is 0.882. The van der Waals surface area contributed by atoms with Crippen LogP contribution in [0.1, 0.15) is 45.4 Å². The van der Waals surface area contributed by atoms with Crippen molar-refractivity contribution in [2.75, 3.05) is 39.9 Å². The second kappa shape index (κ2) is 9.75. The lowest BCUT2D eigenvalue weighted by Crippen LogP contribution is -2.45. The molecule has 0 aromatic rings. The van der Waals surface area contributed by atoms with Crippen molar-refractivity contribution >= 4 is 11.9 Å². The van der Waals surface area contributed by atoms with Crippen LogP contribution < -0.4 is 10.6 Å². The molecule has 1 saturated heterocycles. The summed E-state index contributed by atoms with van der Waals surface area (Å²) in [4.78, 5) is 19.1. The maximum atomic E-state index is 12.6. The number of nitrogens with one attached hydrogen (secondary N) is 2. The molecule has 0 spiro atoms. The van der Waals surface area contributed by atoms with Crippen molar-refractivity contribution in [3.05, 3.63) is 0 Å². The molecule has 0 aromatic carbocycles. The van der Waals surface area contributed by atoms with E-state index in [1.165, 1.54) is 19.3 Å². The summed E-state index contributed by atoms with van der Waals surface area (Å²) in [6, 6.07) is 0.294. The number of carbonyl (C=O) groups excluding carboxylic acids is 1. The number of methoxy groups -OCH3 is 1. The SMILES string of the molecule is CCNC(=NCCOC)NC1CCN(C(=O)C2CCCCC2)C1. The summed E-state index contributed by atoms with van der Waals surface area (Å²) in [5.74, 6) is 1.46. The molecule has 1 saturated carbocycles. The number of aliphatic imine (C=N–C) groups is 1. The van der Waals surface area contributed by atoms with Crippen molar-refractivity contribution in [1.29, 1.82) is 0 Å². The first kappa shape index (κ1) is 18.0.